The number of piperidine rings is 1. The van der Waals surface area contributed by atoms with Crippen LogP contribution in [0.2, 0.25) is 0 Å². The van der Waals surface area contributed by atoms with Gasteiger partial charge in [-0.2, -0.15) is 11.8 Å². The van der Waals surface area contributed by atoms with E-state index in [0.717, 1.165) is 38.9 Å². The van der Waals surface area contributed by atoms with Gasteiger partial charge in [0.1, 0.15) is 0 Å². The monoisotopic (exact) mass is 270 g/mol. The van der Waals surface area contributed by atoms with E-state index in [2.05, 4.69) is 23.8 Å². The van der Waals surface area contributed by atoms with Crippen molar-refractivity contribution in [2.45, 2.75) is 50.2 Å². The summed E-state index contributed by atoms with van der Waals surface area (Å²) in [6, 6.07) is 0. The summed E-state index contributed by atoms with van der Waals surface area (Å²) in [7, 11) is 0. The van der Waals surface area contributed by atoms with E-state index in [-0.39, 0.29) is 5.41 Å². The van der Waals surface area contributed by atoms with Gasteiger partial charge in [0.25, 0.3) is 0 Å². The molecule has 0 atom stereocenters. The molecule has 1 aliphatic carbocycles. The third-order valence-corrected chi connectivity index (χ3v) is 6.41. The van der Waals surface area contributed by atoms with Gasteiger partial charge in [-0.15, -0.1) is 0 Å². The van der Waals surface area contributed by atoms with Gasteiger partial charge in [0.2, 0.25) is 5.91 Å². The Labute approximate surface area is 115 Å². The number of rotatable bonds is 5. The lowest BCUT2D eigenvalue weighted by atomic mass is 9.75. The number of carbonyl (C=O) groups is 1. The van der Waals surface area contributed by atoms with E-state index in [1.807, 2.05) is 11.8 Å². The lowest BCUT2D eigenvalue weighted by Gasteiger charge is -2.42. The number of thioether (sulfide) groups is 1. The first-order valence-corrected chi connectivity index (χ1v) is 8.43. The molecule has 4 heteroatoms. The molecule has 0 spiro atoms. The Kier molecular flexibility index (Phi) is 4.59. The highest BCUT2D eigenvalue weighted by Gasteiger charge is 2.41. The van der Waals surface area contributed by atoms with E-state index >= 15 is 0 Å². The lowest BCUT2D eigenvalue weighted by Crippen LogP contribution is -2.52. The van der Waals surface area contributed by atoms with E-state index < -0.39 is 0 Å². The van der Waals surface area contributed by atoms with Crippen molar-refractivity contribution in [1.29, 1.82) is 0 Å². The fraction of sp³-hybridized carbons (Fsp3) is 0.929. The molecule has 2 N–H and O–H groups in total. The second-order valence-electron chi connectivity index (χ2n) is 5.81. The van der Waals surface area contributed by atoms with Gasteiger partial charge in [0.15, 0.2) is 0 Å². The first-order valence-electron chi connectivity index (χ1n) is 7.21. The minimum Gasteiger partial charge on any atom is -0.354 e. The van der Waals surface area contributed by atoms with Crippen LogP contribution in [0.15, 0.2) is 0 Å². The van der Waals surface area contributed by atoms with Gasteiger partial charge in [-0.1, -0.05) is 13.3 Å². The average Bonchev–Trinajstić information content (AvgIpc) is 2.38. The van der Waals surface area contributed by atoms with E-state index in [1.54, 1.807) is 0 Å². The fourth-order valence-corrected chi connectivity index (χ4v) is 4.01. The summed E-state index contributed by atoms with van der Waals surface area (Å²) in [5, 5.41) is 6.60. The molecule has 0 aromatic carbocycles. The molecule has 2 rings (SSSR count). The molecule has 1 amide bonds. The molecule has 1 aliphatic heterocycles. The zero-order valence-corrected chi connectivity index (χ0v) is 12.5. The lowest BCUT2D eigenvalue weighted by molar-refractivity contribution is -0.133. The molecule has 2 aliphatic rings. The van der Waals surface area contributed by atoms with E-state index in [4.69, 9.17) is 0 Å². The molecular weight excluding hydrogens is 244 g/mol. The second-order valence-corrected chi connectivity index (χ2v) is 7.08. The Hall–Kier alpha value is -0.220. The maximum absolute atomic E-state index is 12.5. The summed E-state index contributed by atoms with van der Waals surface area (Å²) in [6.45, 7) is 4.98. The molecule has 1 saturated carbocycles. The molecule has 1 heterocycles. The number of nitrogens with one attached hydrogen (secondary N) is 2. The molecule has 18 heavy (non-hydrogen) atoms. The topological polar surface area (TPSA) is 41.1 Å². The van der Waals surface area contributed by atoms with Gasteiger partial charge in [0.05, 0.1) is 5.41 Å². The number of hydrogen-bond acceptors (Lipinski definition) is 3. The maximum atomic E-state index is 12.5. The highest BCUT2D eigenvalue weighted by molar-refractivity contribution is 8.00. The third-order valence-electron chi connectivity index (χ3n) is 4.99. The van der Waals surface area contributed by atoms with Crippen LogP contribution in [0.4, 0.5) is 0 Å². The summed E-state index contributed by atoms with van der Waals surface area (Å²) in [5.74, 6) is 0.298. The van der Waals surface area contributed by atoms with Crippen molar-refractivity contribution in [3.05, 3.63) is 0 Å². The quantitative estimate of drug-likeness (QED) is 0.804. The zero-order chi connectivity index (χ0) is 13.1. The SMILES string of the molecule is CCC1(C(=O)NCC2(SC)CCC2)CCNCC1. The van der Waals surface area contributed by atoms with E-state index in [1.165, 1.54) is 19.3 Å². The number of hydrogen-bond donors (Lipinski definition) is 2. The van der Waals surface area contributed by atoms with Crippen LogP contribution in [0.3, 0.4) is 0 Å². The Balaban J connectivity index is 1.89. The highest BCUT2D eigenvalue weighted by atomic mass is 32.2. The van der Waals surface area contributed by atoms with Crippen molar-refractivity contribution in [2.75, 3.05) is 25.9 Å². The van der Waals surface area contributed by atoms with Gasteiger partial charge >= 0.3 is 0 Å². The second kappa shape index (κ2) is 5.83. The van der Waals surface area contributed by atoms with Crippen molar-refractivity contribution in [3.8, 4) is 0 Å². The van der Waals surface area contributed by atoms with Crippen LogP contribution in [0.25, 0.3) is 0 Å². The van der Waals surface area contributed by atoms with Crippen LogP contribution >= 0.6 is 11.8 Å². The normalized spacial score (nSPS) is 25.2. The molecule has 0 unspecified atom stereocenters. The van der Waals surface area contributed by atoms with Crippen LogP contribution < -0.4 is 10.6 Å². The predicted molar refractivity (Wildman–Crippen MR) is 77.9 cm³/mol. The molecular formula is C14H26N2OS. The molecule has 1 saturated heterocycles. The Bertz CT molecular complexity index is 291. The molecule has 0 aromatic heterocycles. The first kappa shape index (κ1) is 14.2. The minimum absolute atomic E-state index is 0.103. The van der Waals surface area contributed by atoms with Gasteiger partial charge in [-0.3, -0.25) is 4.79 Å². The summed E-state index contributed by atoms with van der Waals surface area (Å²) < 4.78 is 0.345. The van der Waals surface area contributed by atoms with Crippen LogP contribution in [0.5, 0.6) is 0 Å². The smallest absolute Gasteiger partial charge is 0.226 e. The number of amides is 1. The van der Waals surface area contributed by atoms with Crippen LogP contribution in [0.1, 0.15) is 45.4 Å². The molecule has 0 bridgehead atoms. The Morgan fingerprint density at radius 1 is 1.28 bits per heavy atom. The number of carbonyl (C=O) groups excluding carboxylic acids is 1. The van der Waals surface area contributed by atoms with Crippen molar-refractivity contribution < 1.29 is 4.79 Å². The van der Waals surface area contributed by atoms with Crippen LogP contribution in [-0.2, 0) is 4.79 Å². The molecule has 0 aromatic rings. The van der Waals surface area contributed by atoms with Gasteiger partial charge in [0, 0.05) is 11.3 Å². The maximum Gasteiger partial charge on any atom is 0.226 e. The fourth-order valence-electron chi connectivity index (χ4n) is 3.10. The summed E-state index contributed by atoms with van der Waals surface area (Å²) >= 11 is 1.93. The summed E-state index contributed by atoms with van der Waals surface area (Å²) in [4.78, 5) is 12.5. The Morgan fingerprint density at radius 2 is 1.94 bits per heavy atom. The largest absolute Gasteiger partial charge is 0.354 e. The molecule has 2 fully saturated rings. The van der Waals surface area contributed by atoms with Gasteiger partial charge < -0.3 is 10.6 Å². The van der Waals surface area contributed by atoms with Gasteiger partial charge in [-0.05, 0) is 51.4 Å². The summed E-state index contributed by atoms with van der Waals surface area (Å²) in [5.41, 5.74) is -0.103. The Morgan fingerprint density at radius 3 is 2.39 bits per heavy atom. The van der Waals surface area contributed by atoms with Crippen molar-refractivity contribution in [2.24, 2.45) is 5.41 Å². The zero-order valence-electron chi connectivity index (χ0n) is 11.7. The van der Waals surface area contributed by atoms with Crippen molar-refractivity contribution in [1.82, 2.24) is 10.6 Å². The molecule has 0 radical (unpaired) electrons. The standard InChI is InChI=1S/C14H26N2OS/c1-3-13(7-9-15-10-8-13)12(17)16-11-14(18-2)5-4-6-14/h15H,3-11H2,1-2H3,(H,16,17). The molecule has 3 nitrogen and oxygen atoms in total. The predicted octanol–water partition coefficient (Wildman–Crippen LogP) is 2.17. The van der Waals surface area contributed by atoms with E-state index in [0.29, 0.717) is 10.7 Å². The third kappa shape index (κ3) is 2.69. The summed E-state index contributed by atoms with van der Waals surface area (Å²) in [6.07, 6.45) is 8.95. The average molecular weight is 270 g/mol. The van der Waals surface area contributed by atoms with Crippen LogP contribution in [-0.4, -0.2) is 36.5 Å². The van der Waals surface area contributed by atoms with Crippen LogP contribution in [0, 0.1) is 5.41 Å². The van der Waals surface area contributed by atoms with Crippen molar-refractivity contribution >= 4 is 17.7 Å². The van der Waals surface area contributed by atoms with E-state index in [9.17, 15) is 4.79 Å². The van der Waals surface area contributed by atoms with Gasteiger partial charge in [-0.25, -0.2) is 0 Å². The first-order chi connectivity index (χ1) is 8.66. The highest BCUT2D eigenvalue weighted by Crippen LogP contribution is 2.42. The molecule has 104 valence electrons. The van der Waals surface area contributed by atoms with Crippen molar-refractivity contribution in [3.63, 3.8) is 0 Å². The minimum atomic E-state index is -0.103.